The molecule has 0 fully saturated rings. The molecule has 0 aliphatic heterocycles. The van der Waals surface area contributed by atoms with Gasteiger partial charge in [-0.05, 0) is 59.7 Å². The van der Waals surface area contributed by atoms with Gasteiger partial charge in [-0.3, -0.25) is 14.3 Å². The van der Waals surface area contributed by atoms with E-state index in [1.165, 1.54) is 9.13 Å². The van der Waals surface area contributed by atoms with E-state index in [4.69, 9.17) is 0 Å². The Morgan fingerprint density at radius 1 is 0.966 bits per heavy atom. The number of rotatable bonds is 5. The van der Waals surface area contributed by atoms with Crippen molar-refractivity contribution >= 4 is 22.2 Å². The molecule has 0 N–H and O–H groups in total. The SMILES string of the molecule is C[S+]([O-])c1ccc(-n2c(=O)n(CCc3ccccn3)c(=O)c3cccnc32)cc1. The highest BCUT2D eigenvalue weighted by atomic mass is 32.2. The number of nitrogens with zero attached hydrogens (tertiary/aromatic N) is 4. The minimum absolute atomic E-state index is 0.205. The van der Waals surface area contributed by atoms with E-state index in [1.807, 2.05) is 18.2 Å². The topological polar surface area (TPSA) is 92.8 Å². The second-order valence-corrected chi connectivity index (χ2v) is 7.85. The Balaban J connectivity index is 1.87. The summed E-state index contributed by atoms with van der Waals surface area (Å²) in [6, 6.07) is 15.7. The van der Waals surface area contributed by atoms with Crippen LogP contribution in [0, 0.1) is 0 Å². The molecule has 8 heteroatoms. The quantitative estimate of drug-likeness (QED) is 0.472. The Morgan fingerprint density at radius 2 is 1.72 bits per heavy atom. The van der Waals surface area contributed by atoms with Gasteiger partial charge in [0.15, 0.2) is 10.5 Å². The molecule has 29 heavy (non-hydrogen) atoms. The van der Waals surface area contributed by atoms with Crippen molar-refractivity contribution in [2.24, 2.45) is 0 Å². The molecule has 7 nitrogen and oxygen atoms in total. The molecule has 0 spiro atoms. The van der Waals surface area contributed by atoms with E-state index in [2.05, 4.69) is 9.97 Å². The highest BCUT2D eigenvalue weighted by Gasteiger charge is 2.16. The molecule has 0 bridgehead atoms. The molecular weight excluding hydrogens is 388 g/mol. The molecule has 1 atom stereocenters. The van der Waals surface area contributed by atoms with Gasteiger partial charge in [-0.25, -0.2) is 14.3 Å². The monoisotopic (exact) mass is 406 g/mol. The van der Waals surface area contributed by atoms with Gasteiger partial charge < -0.3 is 4.55 Å². The smallest absolute Gasteiger partial charge is 0.337 e. The normalized spacial score (nSPS) is 12.2. The molecule has 3 aromatic heterocycles. The minimum Gasteiger partial charge on any atom is -0.612 e. The van der Waals surface area contributed by atoms with E-state index in [0.717, 1.165) is 5.69 Å². The predicted octanol–water partition coefficient (Wildman–Crippen LogP) is 1.92. The highest BCUT2D eigenvalue weighted by Crippen LogP contribution is 2.15. The van der Waals surface area contributed by atoms with Crippen LogP contribution < -0.4 is 11.2 Å². The Morgan fingerprint density at radius 3 is 2.41 bits per heavy atom. The fourth-order valence-electron chi connectivity index (χ4n) is 3.17. The summed E-state index contributed by atoms with van der Waals surface area (Å²) in [7, 11) is 0. The minimum atomic E-state index is -1.12. The zero-order valence-electron chi connectivity index (χ0n) is 15.7. The lowest BCUT2D eigenvalue weighted by molar-refractivity contribution is 0.600. The van der Waals surface area contributed by atoms with Gasteiger partial charge in [0, 0.05) is 31.1 Å². The summed E-state index contributed by atoms with van der Waals surface area (Å²) in [6.45, 7) is 0.205. The maximum absolute atomic E-state index is 13.2. The van der Waals surface area contributed by atoms with Crippen LogP contribution in [0.5, 0.6) is 0 Å². The summed E-state index contributed by atoms with van der Waals surface area (Å²) < 4.78 is 14.3. The molecule has 146 valence electrons. The van der Waals surface area contributed by atoms with Crippen molar-refractivity contribution in [2.75, 3.05) is 6.26 Å². The van der Waals surface area contributed by atoms with Crippen LogP contribution in [0.1, 0.15) is 5.69 Å². The van der Waals surface area contributed by atoms with E-state index < -0.39 is 16.9 Å². The Labute approximate surface area is 169 Å². The van der Waals surface area contributed by atoms with E-state index in [1.54, 1.807) is 55.0 Å². The number of aromatic nitrogens is 4. The summed E-state index contributed by atoms with van der Waals surface area (Å²) in [5, 5.41) is 0.358. The third-order valence-corrected chi connectivity index (χ3v) is 5.58. The van der Waals surface area contributed by atoms with Gasteiger partial charge in [-0.1, -0.05) is 6.07 Å². The average molecular weight is 406 g/mol. The number of hydrogen-bond donors (Lipinski definition) is 0. The Kier molecular flexibility index (Phi) is 5.28. The third-order valence-electron chi connectivity index (χ3n) is 4.64. The molecule has 0 amide bonds. The molecule has 0 radical (unpaired) electrons. The number of fused-ring (bicyclic) bond motifs is 1. The van der Waals surface area contributed by atoms with Crippen molar-refractivity contribution in [2.45, 2.75) is 17.9 Å². The summed E-state index contributed by atoms with van der Waals surface area (Å²) in [6.07, 6.45) is 5.27. The van der Waals surface area contributed by atoms with Crippen LogP contribution >= 0.6 is 0 Å². The molecule has 1 unspecified atom stereocenters. The summed E-state index contributed by atoms with van der Waals surface area (Å²) in [5.41, 5.74) is 0.798. The lowest BCUT2D eigenvalue weighted by Gasteiger charge is -2.14. The number of pyridine rings is 2. The number of hydrogen-bond acceptors (Lipinski definition) is 5. The van der Waals surface area contributed by atoms with Gasteiger partial charge in [-0.15, -0.1) is 0 Å². The lowest BCUT2D eigenvalue weighted by atomic mass is 10.2. The fraction of sp³-hybridized carbons (Fsp3) is 0.143. The average Bonchev–Trinajstić information content (AvgIpc) is 2.75. The van der Waals surface area contributed by atoms with Crippen molar-refractivity contribution < 1.29 is 4.55 Å². The van der Waals surface area contributed by atoms with Crippen molar-refractivity contribution in [3.8, 4) is 5.69 Å². The first-order chi connectivity index (χ1) is 14.1. The van der Waals surface area contributed by atoms with Gasteiger partial charge in [0.1, 0.15) is 6.26 Å². The van der Waals surface area contributed by atoms with E-state index in [9.17, 15) is 14.1 Å². The first-order valence-corrected chi connectivity index (χ1v) is 10.6. The van der Waals surface area contributed by atoms with Crippen molar-refractivity contribution in [1.82, 2.24) is 19.1 Å². The van der Waals surface area contributed by atoms with Crippen molar-refractivity contribution in [3.63, 3.8) is 0 Å². The van der Waals surface area contributed by atoms with Crippen LogP contribution in [0.3, 0.4) is 0 Å². The van der Waals surface area contributed by atoms with Crippen LogP contribution in [-0.4, -0.2) is 29.9 Å². The third kappa shape index (κ3) is 3.72. The summed E-state index contributed by atoms with van der Waals surface area (Å²) in [4.78, 5) is 35.4. The molecule has 1 aromatic carbocycles. The van der Waals surface area contributed by atoms with Crippen LogP contribution in [0.4, 0.5) is 0 Å². The first-order valence-electron chi connectivity index (χ1n) is 9.00. The van der Waals surface area contributed by atoms with Crippen LogP contribution in [-0.2, 0) is 24.1 Å². The maximum Gasteiger partial charge on any atom is 0.337 e. The van der Waals surface area contributed by atoms with E-state index >= 15 is 0 Å². The Hall–Kier alpha value is -3.23. The zero-order valence-corrected chi connectivity index (χ0v) is 16.5. The van der Waals surface area contributed by atoms with Gasteiger partial charge in [0.05, 0.1) is 11.1 Å². The largest absolute Gasteiger partial charge is 0.612 e. The molecule has 0 saturated heterocycles. The number of aryl methyl sites for hydroxylation is 1. The zero-order chi connectivity index (χ0) is 20.4. The van der Waals surface area contributed by atoms with Crippen LogP contribution in [0.15, 0.2) is 81.5 Å². The molecule has 0 aliphatic rings. The molecule has 3 heterocycles. The fourth-order valence-corrected chi connectivity index (χ4v) is 3.69. The second-order valence-electron chi connectivity index (χ2n) is 6.47. The first kappa shape index (κ1) is 19.1. The van der Waals surface area contributed by atoms with E-state index in [-0.39, 0.29) is 12.1 Å². The Bertz CT molecular complexity index is 1270. The molecular formula is C21H18N4O3S. The number of benzene rings is 1. The molecule has 4 aromatic rings. The van der Waals surface area contributed by atoms with Crippen LogP contribution in [0.25, 0.3) is 16.7 Å². The van der Waals surface area contributed by atoms with Gasteiger partial charge in [0.2, 0.25) is 0 Å². The van der Waals surface area contributed by atoms with Crippen molar-refractivity contribution in [1.29, 1.82) is 0 Å². The summed E-state index contributed by atoms with van der Waals surface area (Å²) in [5.74, 6) is 0. The van der Waals surface area contributed by atoms with Gasteiger partial charge in [-0.2, -0.15) is 0 Å². The second kappa shape index (κ2) is 8.02. The maximum atomic E-state index is 13.2. The predicted molar refractivity (Wildman–Crippen MR) is 112 cm³/mol. The molecule has 0 saturated carbocycles. The molecule has 4 rings (SSSR count). The standard InChI is InChI=1S/C21H18N4O3S/c1-29(28)17-9-7-16(8-10-17)25-19-18(6-4-13-23-19)20(26)24(21(25)27)14-11-15-5-2-3-12-22-15/h2-10,12-13H,11,14H2,1H3. The van der Waals surface area contributed by atoms with Gasteiger partial charge in [0.25, 0.3) is 5.56 Å². The lowest BCUT2D eigenvalue weighted by Crippen LogP contribution is -2.40. The van der Waals surface area contributed by atoms with E-state index in [0.29, 0.717) is 28.0 Å². The van der Waals surface area contributed by atoms with Crippen LogP contribution in [0.2, 0.25) is 0 Å². The van der Waals surface area contributed by atoms with Crippen molar-refractivity contribution in [3.05, 3.63) is 93.5 Å². The highest BCUT2D eigenvalue weighted by molar-refractivity contribution is 7.90. The summed E-state index contributed by atoms with van der Waals surface area (Å²) >= 11 is -1.12. The van der Waals surface area contributed by atoms with Gasteiger partial charge >= 0.3 is 5.69 Å². The molecule has 0 aliphatic carbocycles.